The smallest absolute Gasteiger partial charge is 0.252 e. The molecule has 3 nitrogen and oxygen atoms in total. The average Bonchev–Trinajstić information content (AvgIpc) is 3.06. The van der Waals surface area contributed by atoms with Crippen molar-refractivity contribution in [2.75, 3.05) is 6.54 Å². The van der Waals surface area contributed by atoms with Crippen LogP contribution in [0.2, 0.25) is 0 Å². The first-order valence-corrected chi connectivity index (χ1v) is 7.24. The lowest BCUT2D eigenvalue weighted by Gasteiger charge is -2.24. The molecule has 19 heavy (non-hydrogen) atoms. The molecule has 1 amide bonds. The second kappa shape index (κ2) is 4.79. The lowest BCUT2D eigenvalue weighted by atomic mass is 9.96. The summed E-state index contributed by atoms with van der Waals surface area (Å²) in [6.45, 7) is 0.263. The van der Waals surface area contributed by atoms with Crippen molar-refractivity contribution in [3.63, 3.8) is 0 Å². The number of carbonyl (C=O) groups is 1. The van der Waals surface area contributed by atoms with Crippen molar-refractivity contribution < 1.29 is 9.90 Å². The van der Waals surface area contributed by atoms with Gasteiger partial charge in [0.25, 0.3) is 5.91 Å². The lowest BCUT2D eigenvalue weighted by Crippen LogP contribution is -2.39. The van der Waals surface area contributed by atoms with Crippen molar-refractivity contribution in [1.29, 1.82) is 0 Å². The fourth-order valence-electron chi connectivity index (χ4n) is 2.57. The predicted molar refractivity (Wildman–Crippen MR) is 75.3 cm³/mol. The number of nitrogens with one attached hydrogen (secondary N) is 1. The summed E-state index contributed by atoms with van der Waals surface area (Å²) in [5.41, 5.74) is 1.85. The van der Waals surface area contributed by atoms with Crippen LogP contribution < -0.4 is 5.32 Å². The fraction of sp³-hybridized carbons (Fsp3) is 0.267. The van der Waals surface area contributed by atoms with Crippen molar-refractivity contribution in [3.05, 3.63) is 57.8 Å². The van der Waals surface area contributed by atoms with Crippen LogP contribution in [0.25, 0.3) is 0 Å². The summed E-state index contributed by atoms with van der Waals surface area (Å²) in [4.78, 5) is 11.9. The molecule has 1 atom stereocenters. The van der Waals surface area contributed by atoms with Gasteiger partial charge >= 0.3 is 0 Å². The van der Waals surface area contributed by atoms with E-state index in [0.717, 1.165) is 12.0 Å². The zero-order valence-corrected chi connectivity index (χ0v) is 11.2. The van der Waals surface area contributed by atoms with Crippen LogP contribution in [-0.2, 0) is 12.0 Å². The van der Waals surface area contributed by atoms with Crippen LogP contribution in [0.3, 0.4) is 0 Å². The van der Waals surface area contributed by atoms with E-state index in [1.165, 1.54) is 16.9 Å². The molecule has 2 N–H and O–H groups in total. The van der Waals surface area contributed by atoms with Gasteiger partial charge in [-0.3, -0.25) is 4.79 Å². The lowest BCUT2D eigenvalue weighted by molar-refractivity contribution is 0.0370. The third-order valence-electron chi connectivity index (χ3n) is 3.65. The van der Waals surface area contributed by atoms with Gasteiger partial charge in [0, 0.05) is 10.9 Å². The highest BCUT2D eigenvalue weighted by molar-refractivity contribution is 7.08. The molecule has 0 aliphatic heterocycles. The molecule has 1 aromatic carbocycles. The molecule has 2 aromatic rings. The molecular formula is C15H15NO2S. The maximum absolute atomic E-state index is 11.9. The Hall–Kier alpha value is -1.65. The number of fused-ring (bicyclic) bond motifs is 1. The van der Waals surface area contributed by atoms with E-state index in [2.05, 4.69) is 5.32 Å². The highest BCUT2D eigenvalue weighted by Crippen LogP contribution is 2.36. The van der Waals surface area contributed by atoms with E-state index in [0.29, 0.717) is 12.0 Å². The molecule has 1 aromatic heterocycles. The molecule has 3 rings (SSSR count). The fourth-order valence-corrected chi connectivity index (χ4v) is 3.21. The average molecular weight is 273 g/mol. The van der Waals surface area contributed by atoms with Gasteiger partial charge in [0.2, 0.25) is 0 Å². The first-order chi connectivity index (χ1) is 9.19. The summed E-state index contributed by atoms with van der Waals surface area (Å²) in [6.07, 6.45) is 1.53. The number of thiophene rings is 1. The third kappa shape index (κ3) is 2.29. The molecule has 0 fully saturated rings. The van der Waals surface area contributed by atoms with E-state index < -0.39 is 5.60 Å². The number of benzene rings is 1. The number of rotatable bonds is 3. The maximum Gasteiger partial charge on any atom is 0.252 e. The molecule has 4 heteroatoms. The van der Waals surface area contributed by atoms with Crippen molar-refractivity contribution in [3.8, 4) is 0 Å². The first-order valence-electron chi connectivity index (χ1n) is 6.30. The standard InChI is InChI=1S/C15H15NO2S/c17-14(12-6-8-19-9-12)16-10-15(18)7-5-11-3-1-2-4-13(11)15/h1-4,6,8-9,18H,5,7,10H2,(H,16,17)/t15-/m1/s1. The molecule has 1 heterocycles. The second-order valence-corrected chi connectivity index (χ2v) is 5.66. The minimum atomic E-state index is -0.928. The topological polar surface area (TPSA) is 49.3 Å². The summed E-state index contributed by atoms with van der Waals surface area (Å²) in [6, 6.07) is 9.67. The Labute approximate surface area is 115 Å². The maximum atomic E-state index is 11.9. The van der Waals surface area contributed by atoms with Crippen LogP contribution in [0, 0.1) is 0 Å². The zero-order valence-electron chi connectivity index (χ0n) is 10.4. The van der Waals surface area contributed by atoms with E-state index in [1.54, 1.807) is 6.07 Å². The van der Waals surface area contributed by atoms with Gasteiger partial charge in [-0.15, -0.1) is 0 Å². The van der Waals surface area contributed by atoms with Crippen molar-refractivity contribution in [1.82, 2.24) is 5.32 Å². The normalized spacial score (nSPS) is 21.1. The minimum Gasteiger partial charge on any atom is -0.383 e. The van der Waals surface area contributed by atoms with Gasteiger partial charge in [-0.2, -0.15) is 11.3 Å². The summed E-state index contributed by atoms with van der Waals surface area (Å²) in [7, 11) is 0. The Morgan fingerprint density at radius 2 is 2.21 bits per heavy atom. The van der Waals surface area contributed by atoms with E-state index >= 15 is 0 Å². The number of carbonyl (C=O) groups excluding carboxylic acids is 1. The number of hydrogen-bond donors (Lipinski definition) is 2. The highest BCUT2D eigenvalue weighted by Gasteiger charge is 2.36. The minimum absolute atomic E-state index is 0.126. The van der Waals surface area contributed by atoms with E-state index in [4.69, 9.17) is 0 Å². The van der Waals surface area contributed by atoms with E-state index in [-0.39, 0.29) is 12.5 Å². The van der Waals surface area contributed by atoms with Gasteiger partial charge in [0.05, 0.1) is 6.54 Å². The molecule has 0 bridgehead atoms. The summed E-state index contributed by atoms with van der Waals surface area (Å²) >= 11 is 1.49. The van der Waals surface area contributed by atoms with Crippen LogP contribution in [0.1, 0.15) is 27.9 Å². The quantitative estimate of drug-likeness (QED) is 0.901. The Bertz CT molecular complexity index is 594. The Morgan fingerprint density at radius 1 is 1.37 bits per heavy atom. The Kier molecular flexibility index (Phi) is 3.12. The molecule has 1 aliphatic rings. The van der Waals surface area contributed by atoms with Crippen molar-refractivity contribution in [2.45, 2.75) is 18.4 Å². The zero-order chi connectivity index (χ0) is 13.3. The molecule has 0 saturated heterocycles. The van der Waals surface area contributed by atoms with E-state index in [1.807, 2.05) is 35.0 Å². The Balaban J connectivity index is 1.72. The van der Waals surface area contributed by atoms with Gasteiger partial charge in [-0.1, -0.05) is 24.3 Å². The molecule has 1 aliphatic carbocycles. The van der Waals surface area contributed by atoms with Crippen LogP contribution in [0.5, 0.6) is 0 Å². The van der Waals surface area contributed by atoms with E-state index in [9.17, 15) is 9.90 Å². The summed E-state index contributed by atoms with van der Waals surface area (Å²) in [5.74, 6) is -0.126. The number of hydrogen-bond acceptors (Lipinski definition) is 3. The van der Waals surface area contributed by atoms with Crippen molar-refractivity contribution in [2.24, 2.45) is 0 Å². The van der Waals surface area contributed by atoms with Crippen LogP contribution in [0.4, 0.5) is 0 Å². The molecule has 0 saturated carbocycles. The van der Waals surface area contributed by atoms with Crippen LogP contribution in [0.15, 0.2) is 41.1 Å². The Morgan fingerprint density at radius 3 is 3.00 bits per heavy atom. The second-order valence-electron chi connectivity index (χ2n) is 4.88. The molecule has 0 unspecified atom stereocenters. The first kappa shape index (κ1) is 12.4. The third-order valence-corrected chi connectivity index (χ3v) is 4.33. The van der Waals surface area contributed by atoms with Gasteiger partial charge in [0.15, 0.2) is 0 Å². The molecule has 0 spiro atoms. The van der Waals surface area contributed by atoms with Gasteiger partial charge in [-0.05, 0) is 35.4 Å². The highest BCUT2D eigenvalue weighted by atomic mass is 32.1. The SMILES string of the molecule is O=C(NC[C@]1(O)CCc2ccccc21)c1ccsc1. The summed E-state index contributed by atoms with van der Waals surface area (Å²) in [5, 5.41) is 17.2. The number of aliphatic hydroxyl groups is 1. The van der Waals surface area contributed by atoms with Gasteiger partial charge < -0.3 is 10.4 Å². The van der Waals surface area contributed by atoms with Crippen LogP contribution >= 0.6 is 11.3 Å². The molecular weight excluding hydrogens is 258 g/mol. The van der Waals surface area contributed by atoms with Gasteiger partial charge in [-0.25, -0.2) is 0 Å². The molecule has 98 valence electrons. The van der Waals surface area contributed by atoms with Crippen LogP contribution in [-0.4, -0.2) is 17.6 Å². The summed E-state index contributed by atoms with van der Waals surface area (Å²) < 4.78 is 0. The largest absolute Gasteiger partial charge is 0.383 e. The number of aryl methyl sites for hydroxylation is 1. The van der Waals surface area contributed by atoms with Gasteiger partial charge in [0.1, 0.15) is 5.60 Å². The predicted octanol–water partition coefficient (Wildman–Crippen LogP) is 2.31. The monoisotopic (exact) mass is 273 g/mol. The number of amides is 1. The van der Waals surface area contributed by atoms with Crippen molar-refractivity contribution >= 4 is 17.2 Å². The molecule has 0 radical (unpaired) electrons.